The summed E-state index contributed by atoms with van der Waals surface area (Å²) in [5, 5.41) is 3.16. The van der Waals surface area contributed by atoms with E-state index in [1.165, 1.54) is 18.6 Å². The molecule has 1 unspecified atom stereocenters. The van der Waals surface area contributed by atoms with Crippen LogP contribution in [0.1, 0.15) is 62.1 Å². The standard InChI is InChI=1S/C27H35FN2O3/c1-4-24(27(32)29-23-8-6-5-7-9-23)30(17-21-11-13-22(28)14-12-21)26(31)18-33-25-15-10-19(2)16-20(25)3/h10-16,23-24H,4-9,17-18H2,1-3H3,(H,29,32). The molecule has 1 aliphatic carbocycles. The lowest BCUT2D eigenvalue weighted by Gasteiger charge is -2.32. The molecule has 0 heterocycles. The summed E-state index contributed by atoms with van der Waals surface area (Å²) in [6.07, 6.45) is 5.87. The van der Waals surface area contributed by atoms with E-state index in [-0.39, 0.29) is 36.8 Å². The Kier molecular flexibility index (Phi) is 8.87. The molecule has 1 fully saturated rings. The van der Waals surface area contributed by atoms with Crippen LogP contribution in [0.15, 0.2) is 42.5 Å². The van der Waals surface area contributed by atoms with Crippen LogP contribution in [0.3, 0.4) is 0 Å². The first-order chi connectivity index (χ1) is 15.9. The summed E-state index contributed by atoms with van der Waals surface area (Å²) in [5.74, 6) is -0.0939. The Morgan fingerprint density at radius 1 is 1.09 bits per heavy atom. The molecule has 1 atom stereocenters. The summed E-state index contributed by atoms with van der Waals surface area (Å²) in [4.78, 5) is 28.1. The van der Waals surface area contributed by atoms with Gasteiger partial charge in [0.1, 0.15) is 17.6 Å². The van der Waals surface area contributed by atoms with Gasteiger partial charge >= 0.3 is 0 Å². The van der Waals surface area contributed by atoms with E-state index >= 15 is 0 Å². The van der Waals surface area contributed by atoms with Crippen molar-refractivity contribution in [1.82, 2.24) is 10.2 Å². The van der Waals surface area contributed by atoms with Gasteiger partial charge in [-0.15, -0.1) is 0 Å². The zero-order valence-corrected chi connectivity index (χ0v) is 19.9. The molecule has 1 saturated carbocycles. The van der Waals surface area contributed by atoms with Gasteiger partial charge in [-0.1, -0.05) is 56.0 Å². The third-order valence-electron chi connectivity index (χ3n) is 6.29. The Labute approximate surface area is 196 Å². The third kappa shape index (κ3) is 7.04. The van der Waals surface area contributed by atoms with Crippen molar-refractivity contribution >= 4 is 11.8 Å². The molecule has 6 heteroatoms. The van der Waals surface area contributed by atoms with Crippen LogP contribution in [0.25, 0.3) is 0 Å². The number of hydrogen-bond donors (Lipinski definition) is 1. The summed E-state index contributed by atoms with van der Waals surface area (Å²) in [6, 6.07) is 11.4. The van der Waals surface area contributed by atoms with Crippen LogP contribution >= 0.6 is 0 Å². The van der Waals surface area contributed by atoms with Crippen LogP contribution < -0.4 is 10.1 Å². The molecule has 1 aliphatic rings. The Morgan fingerprint density at radius 2 is 1.79 bits per heavy atom. The average Bonchev–Trinajstić information content (AvgIpc) is 2.80. The molecule has 0 saturated heterocycles. The fourth-order valence-corrected chi connectivity index (χ4v) is 4.43. The van der Waals surface area contributed by atoms with Crippen molar-refractivity contribution in [2.75, 3.05) is 6.61 Å². The van der Waals surface area contributed by atoms with Crippen LogP contribution in [0.4, 0.5) is 4.39 Å². The van der Waals surface area contributed by atoms with Gasteiger partial charge < -0.3 is 15.0 Å². The molecule has 5 nitrogen and oxygen atoms in total. The number of ether oxygens (including phenoxy) is 1. The topological polar surface area (TPSA) is 58.6 Å². The Bertz CT molecular complexity index is 939. The predicted molar refractivity (Wildman–Crippen MR) is 127 cm³/mol. The van der Waals surface area contributed by atoms with Gasteiger partial charge in [0.15, 0.2) is 6.61 Å². The molecule has 33 heavy (non-hydrogen) atoms. The minimum atomic E-state index is -0.618. The molecular weight excluding hydrogens is 419 g/mol. The maximum absolute atomic E-state index is 13.4. The van der Waals surface area contributed by atoms with Crippen LogP contribution in [0.2, 0.25) is 0 Å². The fraction of sp³-hybridized carbons (Fsp3) is 0.481. The van der Waals surface area contributed by atoms with Gasteiger partial charge in [0.05, 0.1) is 0 Å². The van der Waals surface area contributed by atoms with E-state index in [2.05, 4.69) is 5.32 Å². The number of aryl methyl sites for hydroxylation is 2. The van der Waals surface area contributed by atoms with Crippen molar-refractivity contribution in [3.8, 4) is 5.75 Å². The maximum atomic E-state index is 13.4. The average molecular weight is 455 g/mol. The number of nitrogens with zero attached hydrogens (tertiary/aromatic N) is 1. The quantitative estimate of drug-likeness (QED) is 0.575. The molecule has 0 spiro atoms. The van der Waals surface area contributed by atoms with Gasteiger partial charge in [-0.05, 0) is 62.4 Å². The molecule has 3 rings (SSSR count). The molecule has 0 bridgehead atoms. The van der Waals surface area contributed by atoms with Gasteiger partial charge in [0.2, 0.25) is 5.91 Å². The number of carbonyl (C=O) groups excluding carboxylic acids is 2. The van der Waals surface area contributed by atoms with E-state index < -0.39 is 6.04 Å². The molecule has 1 N–H and O–H groups in total. The number of amides is 2. The van der Waals surface area contributed by atoms with Crippen molar-refractivity contribution in [3.63, 3.8) is 0 Å². The predicted octanol–water partition coefficient (Wildman–Crippen LogP) is 5.08. The second-order valence-electron chi connectivity index (χ2n) is 8.97. The number of benzene rings is 2. The first kappa shape index (κ1) is 24.7. The van der Waals surface area contributed by atoms with Crippen molar-refractivity contribution < 1.29 is 18.7 Å². The fourth-order valence-electron chi connectivity index (χ4n) is 4.43. The molecule has 0 aliphatic heterocycles. The van der Waals surface area contributed by atoms with Gasteiger partial charge in [0, 0.05) is 12.6 Å². The zero-order chi connectivity index (χ0) is 23.8. The summed E-state index contributed by atoms with van der Waals surface area (Å²) in [5.41, 5.74) is 2.84. The van der Waals surface area contributed by atoms with Crippen molar-refractivity contribution in [2.45, 2.75) is 77.9 Å². The van der Waals surface area contributed by atoms with Gasteiger partial charge in [-0.2, -0.15) is 0 Å². The highest BCUT2D eigenvalue weighted by atomic mass is 19.1. The highest BCUT2D eigenvalue weighted by molar-refractivity contribution is 5.88. The van der Waals surface area contributed by atoms with E-state index in [1.807, 2.05) is 39.0 Å². The molecule has 0 aromatic heterocycles. The van der Waals surface area contributed by atoms with Crippen molar-refractivity contribution in [2.24, 2.45) is 0 Å². The first-order valence-electron chi connectivity index (χ1n) is 11.9. The Hall–Kier alpha value is -2.89. The van der Waals surface area contributed by atoms with Crippen LogP contribution in [-0.4, -0.2) is 35.4 Å². The highest BCUT2D eigenvalue weighted by Crippen LogP contribution is 2.21. The van der Waals surface area contributed by atoms with Crippen LogP contribution in [-0.2, 0) is 16.1 Å². The van der Waals surface area contributed by atoms with Crippen molar-refractivity contribution in [1.29, 1.82) is 0 Å². The monoisotopic (exact) mass is 454 g/mol. The number of hydrogen-bond acceptors (Lipinski definition) is 3. The summed E-state index contributed by atoms with van der Waals surface area (Å²) in [6.45, 7) is 5.89. The summed E-state index contributed by atoms with van der Waals surface area (Å²) in [7, 11) is 0. The molecular formula is C27H35FN2O3. The SMILES string of the molecule is CCC(C(=O)NC1CCCCC1)N(Cc1ccc(F)cc1)C(=O)COc1ccc(C)cc1C. The summed E-state index contributed by atoms with van der Waals surface area (Å²) >= 11 is 0. The third-order valence-corrected chi connectivity index (χ3v) is 6.29. The minimum Gasteiger partial charge on any atom is -0.483 e. The molecule has 0 radical (unpaired) electrons. The molecule has 2 aromatic rings. The normalized spacial score (nSPS) is 15.0. The number of halogens is 1. The largest absolute Gasteiger partial charge is 0.483 e. The van der Waals surface area contributed by atoms with E-state index in [9.17, 15) is 14.0 Å². The lowest BCUT2D eigenvalue weighted by atomic mass is 9.95. The van der Waals surface area contributed by atoms with Gasteiger partial charge in [-0.25, -0.2) is 4.39 Å². The van der Waals surface area contributed by atoms with E-state index in [4.69, 9.17) is 4.74 Å². The number of rotatable bonds is 9. The minimum absolute atomic E-state index is 0.133. The lowest BCUT2D eigenvalue weighted by Crippen LogP contribution is -2.52. The van der Waals surface area contributed by atoms with Gasteiger partial charge in [-0.3, -0.25) is 9.59 Å². The zero-order valence-electron chi connectivity index (χ0n) is 19.9. The smallest absolute Gasteiger partial charge is 0.261 e. The van der Waals surface area contributed by atoms with E-state index in [0.717, 1.165) is 42.4 Å². The van der Waals surface area contributed by atoms with Crippen LogP contribution in [0.5, 0.6) is 5.75 Å². The second kappa shape index (κ2) is 11.8. The van der Waals surface area contributed by atoms with E-state index in [0.29, 0.717) is 12.2 Å². The second-order valence-corrected chi connectivity index (χ2v) is 8.97. The van der Waals surface area contributed by atoms with E-state index in [1.54, 1.807) is 17.0 Å². The maximum Gasteiger partial charge on any atom is 0.261 e. The summed E-state index contributed by atoms with van der Waals surface area (Å²) < 4.78 is 19.2. The van der Waals surface area contributed by atoms with Gasteiger partial charge in [0.25, 0.3) is 5.91 Å². The Balaban J connectivity index is 1.76. The highest BCUT2D eigenvalue weighted by Gasteiger charge is 2.30. The lowest BCUT2D eigenvalue weighted by molar-refractivity contribution is -0.143. The van der Waals surface area contributed by atoms with Crippen LogP contribution in [0, 0.1) is 19.7 Å². The number of nitrogens with one attached hydrogen (secondary N) is 1. The molecule has 178 valence electrons. The first-order valence-corrected chi connectivity index (χ1v) is 11.9. The molecule has 2 amide bonds. The Morgan fingerprint density at radius 3 is 2.42 bits per heavy atom. The number of carbonyl (C=O) groups is 2. The van der Waals surface area contributed by atoms with Crippen molar-refractivity contribution in [3.05, 3.63) is 65.0 Å². The molecule has 2 aromatic carbocycles.